The van der Waals surface area contributed by atoms with E-state index in [0.29, 0.717) is 29.4 Å². The highest BCUT2D eigenvalue weighted by Crippen LogP contribution is 2.29. The van der Waals surface area contributed by atoms with Crippen LogP contribution in [0.25, 0.3) is 0 Å². The molecule has 32 heavy (non-hydrogen) atoms. The van der Waals surface area contributed by atoms with Crippen LogP contribution < -0.4 is 20.4 Å². The Morgan fingerprint density at radius 1 is 1.03 bits per heavy atom. The molecule has 1 aromatic heterocycles. The van der Waals surface area contributed by atoms with Gasteiger partial charge < -0.3 is 20.4 Å². The van der Waals surface area contributed by atoms with Crippen molar-refractivity contribution in [1.29, 1.82) is 0 Å². The first-order chi connectivity index (χ1) is 15.5. The Labute approximate surface area is 201 Å². The summed E-state index contributed by atoms with van der Waals surface area (Å²) in [5.74, 6) is 3.82. The fourth-order valence-electron chi connectivity index (χ4n) is 4.74. The molecule has 0 aliphatic carbocycles. The van der Waals surface area contributed by atoms with Gasteiger partial charge in [-0.05, 0) is 61.4 Å². The summed E-state index contributed by atoms with van der Waals surface area (Å²) in [5.41, 5.74) is 0.998. The first-order valence-electron chi connectivity index (χ1n) is 11.6. The van der Waals surface area contributed by atoms with E-state index in [1.54, 1.807) is 0 Å². The molecule has 172 valence electrons. The van der Waals surface area contributed by atoms with E-state index in [1.165, 1.54) is 25.7 Å². The van der Waals surface area contributed by atoms with Crippen LogP contribution in [0.4, 0.5) is 17.6 Å². The van der Waals surface area contributed by atoms with Gasteiger partial charge in [0.25, 0.3) is 0 Å². The molecular formula is C24H33ClN6S. The average molecular weight is 473 g/mol. The molecule has 2 atom stereocenters. The van der Waals surface area contributed by atoms with Gasteiger partial charge in [-0.1, -0.05) is 43.6 Å². The number of anilines is 3. The molecule has 0 amide bonds. The number of nitrogens with one attached hydrogen (secondary N) is 2. The van der Waals surface area contributed by atoms with Gasteiger partial charge in [0.1, 0.15) is 11.6 Å². The van der Waals surface area contributed by atoms with Gasteiger partial charge in [0, 0.05) is 43.8 Å². The number of halogens is 1. The normalized spacial score (nSPS) is 21.3. The van der Waals surface area contributed by atoms with E-state index in [4.69, 9.17) is 33.8 Å². The summed E-state index contributed by atoms with van der Waals surface area (Å²) in [7, 11) is 0. The van der Waals surface area contributed by atoms with Gasteiger partial charge in [-0.2, -0.15) is 9.97 Å². The van der Waals surface area contributed by atoms with E-state index in [2.05, 4.69) is 40.3 Å². The molecule has 0 saturated carbocycles. The monoisotopic (exact) mass is 472 g/mol. The molecule has 2 fully saturated rings. The van der Waals surface area contributed by atoms with E-state index in [-0.39, 0.29) is 0 Å². The second-order valence-electron chi connectivity index (χ2n) is 9.21. The third-order valence-electron chi connectivity index (χ3n) is 6.19. The lowest BCUT2D eigenvalue weighted by Crippen LogP contribution is -2.40. The van der Waals surface area contributed by atoms with Crippen molar-refractivity contribution in [1.82, 2.24) is 15.3 Å². The molecule has 2 saturated heterocycles. The largest absolute Gasteiger partial charge is 0.358 e. The van der Waals surface area contributed by atoms with Crippen molar-refractivity contribution in [2.24, 2.45) is 11.8 Å². The van der Waals surface area contributed by atoms with Gasteiger partial charge in [-0.15, -0.1) is 0 Å². The summed E-state index contributed by atoms with van der Waals surface area (Å²) in [6, 6.07) is 9.92. The lowest BCUT2D eigenvalue weighted by molar-refractivity contribution is 0.355. The minimum absolute atomic E-state index is 0.493. The van der Waals surface area contributed by atoms with Crippen LogP contribution in [0.2, 0.25) is 5.02 Å². The Balaban J connectivity index is 1.51. The third-order valence-corrected chi connectivity index (χ3v) is 6.81. The van der Waals surface area contributed by atoms with Crippen LogP contribution in [0, 0.1) is 11.8 Å². The molecule has 2 aromatic rings. The molecule has 0 unspecified atom stereocenters. The number of hydrogen-bond donors (Lipinski definition) is 2. The summed E-state index contributed by atoms with van der Waals surface area (Å²) in [6.07, 6.45) is 4.97. The van der Waals surface area contributed by atoms with Crippen molar-refractivity contribution in [3.05, 3.63) is 40.9 Å². The van der Waals surface area contributed by atoms with Crippen LogP contribution in [0.3, 0.4) is 0 Å². The number of aromatic nitrogens is 2. The van der Waals surface area contributed by atoms with Gasteiger partial charge in [-0.3, -0.25) is 0 Å². The minimum Gasteiger partial charge on any atom is -0.358 e. The SMILES string of the molecule is C[C@H]1C[C@H](C)CN(c2cc(N3CCCCC3)nc(NC(=S)NCc3ccccc3Cl)n2)C1. The zero-order valence-electron chi connectivity index (χ0n) is 19.0. The molecule has 3 heterocycles. The maximum absolute atomic E-state index is 6.27. The van der Waals surface area contributed by atoms with Crippen molar-refractivity contribution < 1.29 is 0 Å². The number of benzene rings is 1. The van der Waals surface area contributed by atoms with Crippen molar-refractivity contribution in [2.75, 3.05) is 41.3 Å². The summed E-state index contributed by atoms with van der Waals surface area (Å²) >= 11 is 11.8. The first kappa shape index (κ1) is 23.1. The molecule has 0 radical (unpaired) electrons. The van der Waals surface area contributed by atoms with E-state index < -0.39 is 0 Å². The van der Waals surface area contributed by atoms with Crippen LogP contribution >= 0.6 is 23.8 Å². The maximum Gasteiger partial charge on any atom is 0.232 e. The quantitative estimate of drug-likeness (QED) is 0.588. The highest BCUT2D eigenvalue weighted by atomic mass is 35.5. The fraction of sp³-hybridized carbons (Fsp3) is 0.542. The molecule has 6 nitrogen and oxygen atoms in total. The Morgan fingerprint density at radius 2 is 1.69 bits per heavy atom. The van der Waals surface area contributed by atoms with E-state index in [0.717, 1.165) is 48.4 Å². The smallest absolute Gasteiger partial charge is 0.232 e. The summed E-state index contributed by atoms with van der Waals surface area (Å²) in [6.45, 7) is 9.32. The predicted octanol–water partition coefficient (Wildman–Crippen LogP) is 5.09. The number of thiocarbonyl (C=S) groups is 1. The lowest BCUT2D eigenvalue weighted by Gasteiger charge is -2.36. The van der Waals surface area contributed by atoms with Crippen molar-refractivity contribution >= 4 is 46.5 Å². The van der Waals surface area contributed by atoms with Crippen LogP contribution in [0.5, 0.6) is 0 Å². The van der Waals surface area contributed by atoms with E-state index in [1.807, 2.05) is 24.3 Å². The first-order valence-corrected chi connectivity index (χ1v) is 12.4. The Bertz CT molecular complexity index is 922. The minimum atomic E-state index is 0.493. The Morgan fingerprint density at radius 3 is 2.38 bits per heavy atom. The maximum atomic E-state index is 6.27. The van der Waals surface area contributed by atoms with Gasteiger partial charge in [0.2, 0.25) is 5.95 Å². The molecule has 2 aliphatic heterocycles. The summed E-state index contributed by atoms with van der Waals surface area (Å²) in [4.78, 5) is 14.5. The van der Waals surface area contributed by atoms with Gasteiger partial charge in [-0.25, -0.2) is 0 Å². The van der Waals surface area contributed by atoms with Gasteiger partial charge in [0.05, 0.1) is 0 Å². The standard InChI is InChI=1S/C24H33ClN6S/c1-17-12-18(2)16-31(15-17)22-13-21(30-10-6-3-7-11-30)27-23(28-22)29-24(32)26-14-19-8-4-5-9-20(19)25/h4-5,8-9,13,17-18H,3,6-7,10-12,14-16H2,1-2H3,(H2,26,27,28,29,32)/t17-,18-/m0/s1. The predicted molar refractivity (Wildman–Crippen MR) is 138 cm³/mol. The summed E-state index contributed by atoms with van der Waals surface area (Å²) < 4.78 is 0. The molecule has 4 rings (SSSR count). The van der Waals surface area contributed by atoms with Crippen molar-refractivity contribution in [2.45, 2.75) is 46.1 Å². The number of hydrogen-bond acceptors (Lipinski definition) is 5. The van der Waals surface area contributed by atoms with Gasteiger partial charge >= 0.3 is 0 Å². The average Bonchev–Trinajstić information content (AvgIpc) is 2.78. The summed E-state index contributed by atoms with van der Waals surface area (Å²) in [5, 5.41) is 7.66. The van der Waals surface area contributed by atoms with Crippen LogP contribution in [0.1, 0.15) is 45.1 Å². The molecular weight excluding hydrogens is 440 g/mol. The molecule has 1 aromatic carbocycles. The van der Waals surface area contributed by atoms with Crippen LogP contribution in [0.15, 0.2) is 30.3 Å². The molecule has 2 N–H and O–H groups in total. The van der Waals surface area contributed by atoms with Gasteiger partial charge in [0.15, 0.2) is 5.11 Å². The topological polar surface area (TPSA) is 56.3 Å². The highest BCUT2D eigenvalue weighted by molar-refractivity contribution is 7.80. The fourth-order valence-corrected chi connectivity index (χ4v) is 5.10. The van der Waals surface area contributed by atoms with Crippen LogP contribution in [-0.4, -0.2) is 41.3 Å². The molecule has 2 aliphatic rings. The second-order valence-corrected chi connectivity index (χ2v) is 10.0. The third kappa shape index (κ3) is 6.01. The highest BCUT2D eigenvalue weighted by Gasteiger charge is 2.25. The zero-order chi connectivity index (χ0) is 22.5. The van der Waals surface area contributed by atoms with Crippen molar-refractivity contribution in [3.8, 4) is 0 Å². The molecule has 0 bridgehead atoms. The number of nitrogens with zero attached hydrogens (tertiary/aromatic N) is 4. The Hall–Kier alpha value is -2.12. The molecule has 0 spiro atoms. The van der Waals surface area contributed by atoms with Crippen LogP contribution in [-0.2, 0) is 6.54 Å². The van der Waals surface area contributed by atoms with E-state index in [9.17, 15) is 0 Å². The number of piperidine rings is 2. The number of rotatable bonds is 5. The van der Waals surface area contributed by atoms with E-state index >= 15 is 0 Å². The molecule has 8 heteroatoms. The second kappa shape index (κ2) is 10.7. The Kier molecular flexibility index (Phi) is 7.68. The zero-order valence-corrected chi connectivity index (χ0v) is 20.6. The van der Waals surface area contributed by atoms with Crippen molar-refractivity contribution in [3.63, 3.8) is 0 Å². The lowest BCUT2D eigenvalue weighted by atomic mass is 9.92.